The van der Waals surface area contributed by atoms with Crippen LogP contribution in [0.1, 0.15) is 15.9 Å². The van der Waals surface area contributed by atoms with Crippen molar-refractivity contribution in [3.05, 3.63) is 63.9 Å². The van der Waals surface area contributed by atoms with Crippen LogP contribution in [0, 0.1) is 12.7 Å². The average Bonchev–Trinajstić information content (AvgIpc) is 2.40. The van der Waals surface area contributed by atoms with E-state index in [0.29, 0.717) is 11.3 Å². The molecule has 0 saturated carbocycles. The van der Waals surface area contributed by atoms with Gasteiger partial charge in [-0.3, -0.25) is 4.79 Å². The second-order valence-corrected chi connectivity index (χ2v) is 5.16. The molecule has 98 valence electrons. The third-order valence-corrected chi connectivity index (χ3v) is 3.79. The lowest BCUT2D eigenvalue weighted by Crippen LogP contribution is -2.26. The predicted molar refractivity (Wildman–Crippen MR) is 78.0 cm³/mol. The van der Waals surface area contributed by atoms with E-state index < -0.39 is 0 Å². The minimum absolute atomic E-state index is 0.166. The van der Waals surface area contributed by atoms with Gasteiger partial charge in [-0.1, -0.05) is 22.0 Å². The van der Waals surface area contributed by atoms with Crippen LogP contribution in [0.25, 0.3) is 0 Å². The summed E-state index contributed by atoms with van der Waals surface area (Å²) in [4.78, 5) is 13.7. The standard InChI is InChI=1S/C15H13BrFNO/c1-10-8-11(6-7-14(10)16)15(19)18(2)13-5-3-4-12(17)9-13/h3-9H,1-2H3. The molecule has 0 atom stereocenters. The van der Waals surface area contributed by atoms with Crippen molar-refractivity contribution in [2.75, 3.05) is 11.9 Å². The molecule has 0 bridgehead atoms. The number of rotatable bonds is 2. The third-order valence-electron chi connectivity index (χ3n) is 2.91. The van der Waals surface area contributed by atoms with Gasteiger partial charge in [-0.25, -0.2) is 4.39 Å². The Morgan fingerprint density at radius 1 is 1.21 bits per heavy atom. The molecule has 4 heteroatoms. The van der Waals surface area contributed by atoms with E-state index in [1.807, 2.05) is 19.1 Å². The number of halogens is 2. The van der Waals surface area contributed by atoms with Crippen LogP contribution in [-0.4, -0.2) is 13.0 Å². The maximum atomic E-state index is 13.2. The zero-order chi connectivity index (χ0) is 14.0. The summed E-state index contributed by atoms with van der Waals surface area (Å²) in [6.45, 7) is 1.92. The molecule has 0 heterocycles. The topological polar surface area (TPSA) is 20.3 Å². The molecule has 0 unspecified atom stereocenters. The Morgan fingerprint density at radius 2 is 1.95 bits per heavy atom. The Kier molecular flexibility index (Phi) is 4.00. The van der Waals surface area contributed by atoms with Crippen molar-refractivity contribution >= 4 is 27.5 Å². The maximum absolute atomic E-state index is 13.2. The number of nitrogens with zero attached hydrogens (tertiary/aromatic N) is 1. The number of anilines is 1. The summed E-state index contributed by atoms with van der Waals surface area (Å²) < 4.78 is 14.1. The molecule has 0 fully saturated rings. The molecule has 0 saturated heterocycles. The highest BCUT2D eigenvalue weighted by Crippen LogP contribution is 2.20. The summed E-state index contributed by atoms with van der Waals surface area (Å²) in [5.41, 5.74) is 2.09. The number of carbonyl (C=O) groups excluding carboxylic acids is 1. The first-order valence-electron chi connectivity index (χ1n) is 5.79. The Hall–Kier alpha value is -1.68. The van der Waals surface area contributed by atoms with Crippen LogP contribution in [-0.2, 0) is 0 Å². The van der Waals surface area contributed by atoms with Crippen molar-refractivity contribution in [3.63, 3.8) is 0 Å². The van der Waals surface area contributed by atoms with Crippen molar-refractivity contribution in [2.45, 2.75) is 6.92 Å². The maximum Gasteiger partial charge on any atom is 0.258 e. The molecule has 2 rings (SSSR count). The molecule has 0 aliphatic rings. The van der Waals surface area contributed by atoms with E-state index in [1.54, 1.807) is 25.2 Å². The second-order valence-electron chi connectivity index (χ2n) is 4.31. The van der Waals surface area contributed by atoms with Crippen LogP contribution in [0.3, 0.4) is 0 Å². The van der Waals surface area contributed by atoms with E-state index >= 15 is 0 Å². The van der Waals surface area contributed by atoms with E-state index in [0.717, 1.165) is 10.0 Å². The number of amides is 1. The highest BCUT2D eigenvalue weighted by Gasteiger charge is 2.14. The fourth-order valence-electron chi connectivity index (χ4n) is 1.77. The Labute approximate surface area is 120 Å². The van der Waals surface area contributed by atoms with Gasteiger partial charge in [0.1, 0.15) is 5.82 Å². The molecule has 0 N–H and O–H groups in total. The molecule has 0 aliphatic heterocycles. The predicted octanol–water partition coefficient (Wildman–Crippen LogP) is 4.17. The van der Waals surface area contributed by atoms with E-state index in [4.69, 9.17) is 0 Å². The molecular weight excluding hydrogens is 309 g/mol. The first-order valence-corrected chi connectivity index (χ1v) is 6.58. The smallest absolute Gasteiger partial charge is 0.258 e. The van der Waals surface area contributed by atoms with Gasteiger partial charge in [-0.05, 0) is 48.9 Å². The Balaban J connectivity index is 2.30. The molecule has 0 aliphatic carbocycles. The van der Waals surface area contributed by atoms with Crippen LogP contribution in [0.15, 0.2) is 46.9 Å². The Bertz CT molecular complexity index is 627. The van der Waals surface area contributed by atoms with Crippen LogP contribution < -0.4 is 4.90 Å². The van der Waals surface area contributed by atoms with Crippen molar-refractivity contribution in [1.82, 2.24) is 0 Å². The lowest BCUT2D eigenvalue weighted by atomic mass is 10.1. The van der Waals surface area contributed by atoms with Gasteiger partial charge in [0.15, 0.2) is 0 Å². The SMILES string of the molecule is Cc1cc(C(=O)N(C)c2cccc(F)c2)ccc1Br. The van der Waals surface area contributed by atoms with E-state index in [1.165, 1.54) is 17.0 Å². The van der Waals surface area contributed by atoms with Gasteiger partial charge in [0, 0.05) is 22.8 Å². The van der Waals surface area contributed by atoms with Crippen molar-refractivity contribution in [3.8, 4) is 0 Å². The van der Waals surface area contributed by atoms with Gasteiger partial charge < -0.3 is 4.90 Å². The lowest BCUT2D eigenvalue weighted by molar-refractivity contribution is 0.0993. The molecule has 0 spiro atoms. The number of hydrogen-bond donors (Lipinski definition) is 0. The van der Waals surface area contributed by atoms with Gasteiger partial charge in [-0.15, -0.1) is 0 Å². The lowest BCUT2D eigenvalue weighted by Gasteiger charge is -2.17. The summed E-state index contributed by atoms with van der Waals surface area (Å²) in [5.74, 6) is -0.523. The molecule has 0 radical (unpaired) electrons. The van der Waals surface area contributed by atoms with Gasteiger partial charge in [-0.2, -0.15) is 0 Å². The van der Waals surface area contributed by atoms with Crippen LogP contribution in [0.5, 0.6) is 0 Å². The molecule has 19 heavy (non-hydrogen) atoms. The summed E-state index contributed by atoms with van der Waals surface area (Å²) in [5, 5.41) is 0. The molecule has 0 aromatic heterocycles. The number of carbonyl (C=O) groups is 1. The van der Waals surface area contributed by atoms with Crippen LogP contribution in [0.2, 0.25) is 0 Å². The highest BCUT2D eigenvalue weighted by atomic mass is 79.9. The van der Waals surface area contributed by atoms with E-state index in [2.05, 4.69) is 15.9 Å². The first-order chi connectivity index (χ1) is 8.99. The minimum Gasteiger partial charge on any atom is -0.311 e. The normalized spacial score (nSPS) is 10.3. The zero-order valence-electron chi connectivity index (χ0n) is 10.7. The van der Waals surface area contributed by atoms with Crippen LogP contribution >= 0.6 is 15.9 Å². The largest absolute Gasteiger partial charge is 0.311 e. The second kappa shape index (κ2) is 5.53. The van der Waals surface area contributed by atoms with Crippen molar-refractivity contribution < 1.29 is 9.18 Å². The van der Waals surface area contributed by atoms with E-state index in [-0.39, 0.29) is 11.7 Å². The number of hydrogen-bond acceptors (Lipinski definition) is 1. The average molecular weight is 322 g/mol. The summed E-state index contributed by atoms with van der Waals surface area (Å²) >= 11 is 3.40. The molecule has 2 aromatic rings. The minimum atomic E-state index is -0.357. The van der Waals surface area contributed by atoms with E-state index in [9.17, 15) is 9.18 Å². The number of aryl methyl sites for hydroxylation is 1. The third kappa shape index (κ3) is 3.01. The fraction of sp³-hybridized carbons (Fsp3) is 0.133. The van der Waals surface area contributed by atoms with Crippen LogP contribution in [0.4, 0.5) is 10.1 Å². The molecule has 1 amide bonds. The van der Waals surface area contributed by atoms with Gasteiger partial charge in [0.2, 0.25) is 0 Å². The monoisotopic (exact) mass is 321 g/mol. The van der Waals surface area contributed by atoms with Gasteiger partial charge >= 0.3 is 0 Å². The molecule has 2 aromatic carbocycles. The fourth-order valence-corrected chi connectivity index (χ4v) is 2.02. The molecule has 2 nitrogen and oxygen atoms in total. The van der Waals surface area contributed by atoms with Crippen molar-refractivity contribution in [2.24, 2.45) is 0 Å². The highest BCUT2D eigenvalue weighted by molar-refractivity contribution is 9.10. The van der Waals surface area contributed by atoms with Crippen molar-refractivity contribution in [1.29, 1.82) is 0 Å². The zero-order valence-corrected chi connectivity index (χ0v) is 12.2. The summed E-state index contributed by atoms with van der Waals surface area (Å²) in [7, 11) is 1.63. The summed E-state index contributed by atoms with van der Waals surface area (Å²) in [6.07, 6.45) is 0. The Morgan fingerprint density at radius 3 is 2.58 bits per heavy atom. The van der Waals surface area contributed by atoms with Gasteiger partial charge in [0.25, 0.3) is 5.91 Å². The number of benzene rings is 2. The van der Waals surface area contributed by atoms with Gasteiger partial charge in [0.05, 0.1) is 0 Å². The quantitative estimate of drug-likeness (QED) is 0.812. The first kappa shape index (κ1) is 13.7. The molecular formula is C15H13BrFNO. The summed E-state index contributed by atoms with van der Waals surface area (Å²) in [6, 6.07) is 11.4.